The van der Waals surface area contributed by atoms with Gasteiger partial charge in [-0.25, -0.2) is 0 Å². The van der Waals surface area contributed by atoms with Gasteiger partial charge in [-0.2, -0.15) is 0 Å². The van der Waals surface area contributed by atoms with Crippen molar-refractivity contribution in [2.24, 2.45) is 5.92 Å². The van der Waals surface area contributed by atoms with Crippen LogP contribution in [0.15, 0.2) is 60.7 Å². The number of rotatable bonds is 6. The van der Waals surface area contributed by atoms with Gasteiger partial charge in [0.05, 0.1) is 0 Å². The summed E-state index contributed by atoms with van der Waals surface area (Å²) in [7, 11) is 0. The maximum Gasteiger partial charge on any atom is 0.134 e. The van der Waals surface area contributed by atoms with Crippen molar-refractivity contribution in [2.45, 2.75) is 70.4 Å². The number of Topliss-reactive ketones (excluding diaryl/α,β-unsaturated/α-hetero) is 1. The molecule has 1 heterocycles. The van der Waals surface area contributed by atoms with Crippen LogP contribution in [0.25, 0.3) is 0 Å². The van der Waals surface area contributed by atoms with Crippen LogP contribution in [0, 0.1) is 5.92 Å². The van der Waals surface area contributed by atoms with E-state index in [1.807, 2.05) is 12.1 Å². The van der Waals surface area contributed by atoms with Crippen LogP contribution in [0.3, 0.4) is 0 Å². The van der Waals surface area contributed by atoms with Gasteiger partial charge in [-0.1, -0.05) is 60.7 Å². The molecule has 2 aromatic carbocycles. The van der Waals surface area contributed by atoms with E-state index in [2.05, 4.69) is 81.5 Å². The summed E-state index contributed by atoms with van der Waals surface area (Å²) < 4.78 is 0. The second-order valence-corrected chi connectivity index (χ2v) is 9.49. The molecule has 0 saturated carbocycles. The molecule has 27 heavy (non-hydrogen) atoms. The van der Waals surface area contributed by atoms with Gasteiger partial charge >= 0.3 is 0 Å². The number of piperidine rings is 1. The Kier molecular flexibility index (Phi) is 5.86. The van der Waals surface area contributed by atoms with Gasteiger partial charge in [0.1, 0.15) is 5.78 Å². The molecule has 0 aromatic heterocycles. The van der Waals surface area contributed by atoms with Gasteiger partial charge in [0.15, 0.2) is 0 Å². The number of ketones is 1. The van der Waals surface area contributed by atoms with Crippen LogP contribution in [-0.2, 0) is 4.79 Å². The summed E-state index contributed by atoms with van der Waals surface area (Å²) >= 11 is 0. The molecule has 0 amide bonds. The molecule has 2 nitrogen and oxygen atoms in total. The highest BCUT2D eigenvalue weighted by Crippen LogP contribution is 2.36. The van der Waals surface area contributed by atoms with Gasteiger partial charge in [0.2, 0.25) is 0 Å². The van der Waals surface area contributed by atoms with E-state index in [9.17, 15) is 4.79 Å². The molecule has 0 unspecified atom stereocenters. The van der Waals surface area contributed by atoms with Crippen molar-refractivity contribution < 1.29 is 4.79 Å². The van der Waals surface area contributed by atoms with E-state index in [1.165, 1.54) is 11.1 Å². The fourth-order valence-electron chi connectivity index (χ4n) is 5.11. The lowest BCUT2D eigenvalue weighted by atomic mass is 9.73. The highest BCUT2D eigenvalue weighted by molar-refractivity contribution is 5.80. The van der Waals surface area contributed by atoms with Crippen LogP contribution in [0.1, 0.15) is 70.4 Å². The molecule has 0 spiro atoms. The summed E-state index contributed by atoms with van der Waals surface area (Å²) in [6, 6.07) is 20.9. The molecule has 1 N–H and O–H groups in total. The van der Waals surface area contributed by atoms with Crippen LogP contribution in [0.2, 0.25) is 0 Å². The predicted octanol–water partition coefficient (Wildman–Crippen LogP) is 5.72. The molecule has 2 heteroatoms. The molecular formula is C25H33NO. The maximum absolute atomic E-state index is 13.1. The molecule has 0 radical (unpaired) electrons. The third-order valence-electron chi connectivity index (χ3n) is 5.63. The first-order valence-corrected chi connectivity index (χ1v) is 10.2. The minimum absolute atomic E-state index is 0.0883. The Morgan fingerprint density at radius 3 is 1.78 bits per heavy atom. The Morgan fingerprint density at radius 1 is 0.889 bits per heavy atom. The quantitative estimate of drug-likeness (QED) is 0.710. The van der Waals surface area contributed by atoms with Gasteiger partial charge in [0, 0.05) is 29.8 Å². The van der Waals surface area contributed by atoms with Crippen LogP contribution >= 0.6 is 0 Å². The number of hydrogen-bond donors (Lipinski definition) is 1. The highest BCUT2D eigenvalue weighted by Gasteiger charge is 2.38. The van der Waals surface area contributed by atoms with Crippen molar-refractivity contribution in [2.75, 3.05) is 0 Å². The Morgan fingerprint density at radius 2 is 1.33 bits per heavy atom. The lowest BCUT2D eigenvalue weighted by molar-refractivity contribution is -0.120. The van der Waals surface area contributed by atoms with Gasteiger partial charge < -0.3 is 5.32 Å². The largest absolute Gasteiger partial charge is 0.307 e. The van der Waals surface area contributed by atoms with Crippen molar-refractivity contribution in [3.63, 3.8) is 0 Å². The molecule has 1 saturated heterocycles. The van der Waals surface area contributed by atoms with Crippen molar-refractivity contribution >= 4 is 5.78 Å². The first kappa shape index (κ1) is 19.8. The zero-order valence-electron chi connectivity index (χ0n) is 17.2. The van der Waals surface area contributed by atoms with E-state index >= 15 is 0 Å². The fourth-order valence-corrected chi connectivity index (χ4v) is 5.11. The molecule has 0 bridgehead atoms. The highest BCUT2D eigenvalue weighted by atomic mass is 16.1. The normalized spacial score (nSPS) is 19.1. The number of nitrogens with one attached hydrogen (secondary N) is 1. The lowest BCUT2D eigenvalue weighted by Crippen LogP contribution is -2.57. The van der Waals surface area contributed by atoms with E-state index < -0.39 is 0 Å². The molecule has 0 aliphatic carbocycles. The Bertz CT molecular complexity index is 693. The van der Waals surface area contributed by atoms with E-state index in [-0.39, 0.29) is 17.0 Å². The summed E-state index contributed by atoms with van der Waals surface area (Å²) in [6.07, 6.45) is 3.39. The van der Waals surface area contributed by atoms with Crippen LogP contribution in [-0.4, -0.2) is 16.9 Å². The minimum Gasteiger partial charge on any atom is -0.307 e. The zero-order valence-corrected chi connectivity index (χ0v) is 17.2. The van der Waals surface area contributed by atoms with Crippen LogP contribution < -0.4 is 5.32 Å². The average molecular weight is 364 g/mol. The third kappa shape index (κ3) is 5.52. The minimum atomic E-state index is 0.0883. The second-order valence-electron chi connectivity index (χ2n) is 9.49. The first-order valence-electron chi connectivity index (χ1n) is 10.2. The Labute approximate surface area is 164 Å². The van der Waals surface area contributed by atoms with Crippen molar-refractivity contribution in [3.05, 3.63) is 71.8 Å². The summed E-state index contributed by atoms with van der Waals surface area (Å²) in [5, 5.41) is 3.72. The molecule has 1 aliphatic rings. The molecule has 1 fully saturated rings. The fraction of sp³-hybridized carbons (Fsp3) is 0.480. The second kappa shape index (κ2) is 7.98. The van der Waals surface area contributed by atoms with Gasteiger partial charge in [-0.15, -0.1) is 0 Å². The van der Waals surface area contributed by atoms with Gasteiger partial charge in [-0.05, 0) is 57.6 Å². The van der Waals surface area contributed by atoms with E-state index in [1.54, 1.807) is 0 Å². The van der Waals surface area contributed by atoms with Crippen molar-refractivity contribution in [3.8, 4) is 0 Å². The molecule has 3 rings (SSSR count). The third-order valence-corrected chi connectivity index (χ3v) is 5.63. The molecule has 0 atom stereocenters. The van der Waals surface area contributed by atoms with Crippen molar-refractivity contribution in [1.82, 2.24) is 5.32 Å². The average Bonchev–Trinajstić information content (AvgIpc) is 2.58. The Hall–Kier alpha value is -1.93. The SMILES string of the molecule is CC1(C)CC(CC(=O)CC(c2ccccc2)c2ccccc2)CC(C)(C)N1. The lowest BCUT2D eigenvalue weighted by Gasteiger charge is -2.46. The summed E-state index contributed by atoms with van der Waals surface area (Å²) in [5.74, 6) is 0.977. The smallest absolute Gasteiger partial charge is 0.134 e. The summed E-state index contributed by atoms with van der Waals surface area (Å²) in [5.41, 5.74) is 2.63. The molecule has 144 valence electrons. The number of carbonyl (C=O) groups is 1. The monoisotopic (exact) mass is 363 g/mol. The first-order chi connectivity index (χ1) is 12.7. The molecular weight excluding hydrogens is 330 g/mol. The predicted molar refractivity (Wildman–Crippen MR) is 113 cm³/mol. The molecule has 2 aromatic rings. The standard InChI is InChI=1S/C25H33NO/c1-24(2)17-19(18-25(3,4)26-24)15-22(27)16-23(20-11-7-5-8-12-20)21-13-9-6-10-14-21/h5-14,19,23,26H,15-18H2,1-4H3. The van der Waals surface area contributed by atoms with E-state index in [0.717, 1.165) is 12.8 Å². The van der Waals surface area contributed by atoms with Crippen LogP contribution in [0.5, 0.6) is 0 Å². The topological polar surface area (TPSA) is 29.1 Å². The van der Waals surface area contributed by atoms with E-state index in [0.29, 0.717) is 24.5 Å². The number of carbonyl (C=O) groups excluding carboxylic acids is 1. The maximum atomic E-state index is 13.1. The zero-order chi connectivity index (χ0) is 19.5. The number of benzene rings is 2. The van der Waals surface area contributed by atoms with Crippen LogP contribution in [0.4, 0.5) is 0 Å². The number of hydrogen-bond acceptors (Lipinski definition) is 2. The summed E-state index contributed by atoms with van der Waals surface area (Å²) in [6.45, 7) is 9.01. The van der Waals surface area contributed by atoms with Gasteiger partial charge in [0.25, 0.3) is 0 Å². The summed E-state index contributed by atoms with van der Waals surface area (Å²) in [4.78, 5) is 13.1. The Balaban J connectivity index is 1.74. The molecule has 1 aliphatic heterocycles. The van der Waals surface area contributed by atoms with E-state index in [4.69, 9.17) is 0 Å². The van der Waals surface area contributed by atoms with Crippen molar-refractivity contribution in [1.29, 1.82) is 0 Å². The van der Waals surface area contributed by atoms with Gasteiger partial charge in [-0.3, -0.25) is 4.79 Å².